The van der Waals surface area contributed by atoms with Gasteiger partial charge in [0.15, 0.2) is 0 Å². The lowest BCUT2D eigenvalue weighted by atomic mass is 10.0. The summed E-state index contributed by atoms with van der Waals surface area (Å²) in [5.74, 6) is 0.627. The standard InChI is InChI=1S/C20H23BrN2O3/c1-11-7-12(2)23-20(25)16(11)10-22-19(24)15-8-14-6-4-5-13(3)26-18(14)17(21)9-15/h7-9,13H,4-6,10H2,1-3H3,(H,22,24)(H,23,25). The molecule has 1 aromatic heterocycles. The topological polar surface area (TPSA) is 71.2 Å². The summed E-state index contributed by atoms with van der Waals surface area (Å²) >= 11 is 3.53. The Labute approximate surface area is 161 Å². The number of aryl methyl sites for hydroxylation is 3. The summed E-state index contributed by atoms with van der Waals surface area (Å²) in [5.41, 5.74) is 3.71. The van der Waals surface area contributed by atoms with Crippen LogP contribution in [-0.4, -0.2) is 17.0 Å². The van der Waals surface area contributed by atoms with E-state index in [1.165, 1.54) is 0 Å². The lowest BCUT2D eigenvalue weighted by molar-refractivity contribution is 0.0950. The molecule has 1 aromatic carbocycles. The van der Waals surface area contributed by atoms with Gasteiger partial charge < -0.3 is 15.0 Å². The molecule has 0 bridgehead atoms. The summed E-state index contributed by atoms with van der Waals surface area (Å²) in [4.78, 5) is 27.5. The number of nitrogens with one attached hydrogen (secondary N) is 2. The Morgan fingerprint density at radius 3 is 2.85 bits per heavy atom. The van der Waals surface area contributed by atoms with Crippen molar-refractivity contribution in [1.29, 1.82) is 0 Å². The first-order valence-corrected chi connectivity index (χ1v) is 9.61. The summed E-state index contributed by atoms with van der Waals surface area (Å²) in [7, 11) is 0. The van der Waals surface area contributed by atoms with Gasteiger partial charge in [-0.25, -0.2) is 0 Å². The average molecular weight is 419 g/mol. The first-order valence-electron chi connectivity index (χ1n) is 8.82. The summed E-state index contributed by atoms with van der Waals surface area (Å²) in [6.45, 7) is 5.97. The number of aromatic nitrogens is 1. The molecular weight excluding hydrogens is 396 g/mol. The highest BCUT2D eigenvalue weighted by Crippen LogP contribution is 2.35. The van der Waals surface area contributed by atoms with Gasteiger partial charge in [0.25, 0.3) is 11.5 Å². The number of fused-ring (bicyclic) bond motifs is 1. The van der Waals surface area contributed by atoms with Crippen molar-refractivity contribution in [3.63, 3.8) is 0 Å². The van der Waals surface area contributed by atoms with E-state index in [1.807, 2.05) is 26.0 Å². The van der Waals surface area contributed by atoms with Crippen molar-refractivity contribution in [3.05, 3.63) is 61.0 Å². The lowest BCUT2D eigenvalue weighted by Crippen LogP contribution is -2.28. The molecule has 0 saturated heterocycles. The molecule has 1 aliphatic rings. The van der Waals surface area contributed by atoms with E-state index in [0.717, 1.165) is 46.3 Å². The fourth-order valence-corrected chi connectivity index (χ4v) is 3.91. The van der Waals surface area contributed by atoms with E-state index >= 15 is 0 Å². The van der Waals surface area contributed by atoms with Crippen molar-refractivity contribution in [3.8, 4) is 5.75 Å². The highest BCUT2D eigenvalue weighted by atomic mass is 79.9. The van der Waals surface area contributed by atoms with Crippen LogP contribution in [0.1, 0.15) is 52.5 Å². The molecule has 1 unspecified atom stereocenters. The number of benzene rings is 1. The zero-order valence-electron chi connectivity index (χ0n) is 15.2. The predicted molar refractivity (Wildman–Crippen MR) is 105 cm³/mol. The number of carbonyl (C=O) groups is 1. The zero-order valence-corrected chi connectivity index (χ0v) is 16.8. The summed E-state index contributed by atoms with van der Waals surface area (Å²) < 4.78 is 6.76. The number of pyridine rings is 1. The highest BCUT2D eigenvalue weighted by molar-refractivity contribution is 9.10. The minimum atomic E-state index is -0.204. The number of hydrogen-bond donors (Lipinski definition) is 2. The molecule has 0 aliphatic carbocycles. The molecule has 1 amide bonds. The van der Waals surface area contributed by atoms with Gasteiger partial charge in [-0.3, -0.25) is 9.59 Å². The summed E-state index contributed by atoms with van der Waals surface area (Å²) in [6, 6.07) is 5.57. The first-order chi connectivity index (χ1) is 12.3. The molecule has 0 radical (unpaired) electrons. The third kappa shape index (κ3) is 4.01. The Morgan fingerprint density at radius 2 is 2.12 bits per heavy atom. The van der Waals surface area contributed by atoms with Crippen LogP contribution in [0.15, 0.2) is 27.5 Å². The van der Waals surface area contributed by atoms with Gasteiger partial charge in [0.05, 0.1) is 10.6 Å². The SMILES string of the molecule is Cc1cc(C)c(CNC(=O)c2cc(Br)c3c(c2)CCCC(C)O3)c(=O)[nH]1. The summed E-state index contributed by atoms with van der Waals surface area (Å²) in [5, 5.41) is 2.85. The van der Waals surface area contributed by atoms with Crippen LogP contribution >= 0.6 is 15.9 Å². The van der Waals surface area contributed by atoms with Crippen LogP contribution in [0.4, 0.5) is 0 Å². The third-order valence-corrected chi connectivity index (χ3v) is 5.27. The van der Waals surface area contributed by atoms with E-state index in [1.54, 1.807) is 6.07 Å². The van der Waals surface area contributed by atoms with Crippen LogP contribution in [0.2, 0.25) is 0 Å². The Hall–Kier alpha value is -2.08. The second-order valence-corrected chi connectivity index (χ2v) is 7.75. The van der Waals surface area contributed by atoms with Gasteiger partial charge >= 0.3 is 0 Å². The van der Waals surface area contributed by atoms with Crippen molar-refractivity contribution in [2.45, 2.75) is 52.7 Å². The largest absolute Gasteiger partial charge is 0.489 e. The molecular formula is C20H23BrN2O3. The van der Waals surface area contributed by atoms with E-state index in [4.69, 9.17) is 4.74 Å². The van der Waals surface area contributed by atoms with Crippen molar-refractivity contribution >= 4 is 21.8 Å². The van der Waals surface area contributed by atoms with Gasteiger partial charge in [0.1, 0.15) is 5.75 Å². The minimum absolute atomic E-state index is 0.159. The number of carbonyl (C=O) groups excluding carboxylic acids is 1. The van der Waals surface area contributed by atoms with Crippen LogP contribution in [0, 0.1) is 13.8 Å². The zero-order chi connectivity index (χ0) is 18.8. The van der Waals surface area contributed by atoms with E-state index < -0.39 is 0 Å². The lowest BCUT2D eigenvalue weighted by Gasteiger charge is -2.15. The first kappa shape index (κ1) is 18.7. The Kier molecular flexibility index (Phi) is 5.51. The Bertz CT molecular complexity index is 905. The molecule has 1 atom stereocenters. The minimum Gasteiger partial charge on any atom is -0.489 e. The molecule has 138 valence electrons. The fourth-order valence-electron chi connectivity index (χ4n) is 3.31. The molecule has 5 nitrogen and oxygen atoms in total. The molecule has 0 saturated carbocycles. The number of rotatable bonds is 3. The van der Waals surface area contributed by atoms with Crippen LogP contribution in [0.3, 0.4) is 0 Å². The second-order valence-electron chi connectivity index (χ2n) is 6.89. The van der Waals surface area contributed by atoms with Gasteiger partial charge in [-0.05, 0) is 85.3 Å². The molecule has 0 fully saturated rings. The van der Waals surface area contributed by atoms with Crippen molar-refractivity contribution in [1.82, 2.24) is 10.3 Å². The van der Waals surface area contributed by atoms with Crippen molar-refractivity contribution in [2.24, 2.45) is 0 Å². The molecule has 2 heterocycles. The van der Waals surface area contributed by atoms with Crippen LogP contribution < -0.4 is 15.6 Å². The smallest absolute Gasteiger partial charge is 0.253 e. The number of aromatic amines is 1. The Balaban J connectivity index is 1.80. The number of H-pyrrole nitrogens is 1. The van der Waals surface area contributed by atoms with Crippen LogP contribution in [0.5, 0.6) is 5.75 Å². The maximum Gasteiger partial charge on any atom is 0.253 e. The fraction of sp³-hybridized carbons (Fsp3) is 0.400. The number of ether oxygens (including phenoxy) is 1. The van der Waals surface area contributed by atoms with E-state index in [9.17, 15) is 9.59 Å². The monoisotopic (exact) mass is 418 g/mol. The van der Waals surface area contributed by atoms with Crippen LogP contribution in [-0.2, 0) is 13.0 Å². The molecule has 0 spiro atoms. The molecule has 2 N–H and O–H groups in total. The number of halogens is 1. The molecule has 3 rings (SSSR count). The normalized spacial score (nSPS) is 16.4. The quantitative estimate of drug-likeness (QED) is 0.796. The summed E-state index contributed by atoms with van der Waals surface area (Å²) in [6.07, 6.45) is 3.08. The van der Waals surface area contributed by atoms with Crippen LogP contribution in [0.25, 0.3) is 0 Å². The van der Waals surface area contributed by atoms with Crippen molar-refractivity contribution in [2.75, 3.05) is 0 Å². The Morgan fingerprint density at radius 1 is 1.35 bits per heavy atom. The van der Waals surface area contributed by atoms with Gasteiger partial charge in [-0.15, -0.1) is 0 Å². The molecule has 26 heavy (non-hydrogen) atoms. The van der Waals surface area contributed by atoms with Crippen molar-refractivity contribution < 1.29 is 9.53 Å². The maximum absolute atomic E-state index is 12.6. The molecule has 1 aliphatic heterocycles. The van der Waals surface area contributed by atoms with E-state index in [2.05, 4.69) is 33.2 Å². The van der Waals surface area contributed by atoms with Gasteiger partial charge in [-0.2, -0.15) is 0 Å². The number of amides is 1. The maximum atomic E-state index is 12.6. The predicted octanol–water partition coefficient (Wildman–Crippen LogP) is 3.79. The average Bonchev–Trinajstić information content (AvgIpc) is 2.75. The number of hydrogen-bond acceptors (Lipinski definition) is 3. The van der Waals surface area contributed by atoms with E-state index in [-0.39, 0.29) is 24.1 Å². The molecule has 6 heteroatoms. The highest BCUT2D eigenvalue weighted by Gasteiger charge is 2.20. The third-order valence-electron chi connectivity index (χ3n) is 4.68. The molecule has 2 aromatic rings. The van der Waals surface area contributed by atoms with Gasteiger partial charge in [-0.1, -0.05) is 0 Å². The second kappa shape index (κ2) is 7.66. The van der Waals surface area contributed by atoms with Gasteiger partial charge in [0.2, 0.25) is 0 Å². The van der Waals surface area contributed by atoms with E-state index in [0.29, 0.717) is 11.1 Å². The van der Waals surface area contributed by atoms with Gasteiger partial charge in [0, 0.05) is 23.4 Å².